The smallest absolute Gasteiger partial charge is 0.0533 e. The third-order valence-corrected chi connectivity index (χ3v) is 1.75. The Morgan fingerprint density at radius 2 is 0.500 bits per heavy atom. The summed E-state index contributed by atoms with van der Waals surface area (Å²) < 4.78 is 0. The van der Waals surface area contributed by atoms with E-state index < -0.39 is 0 Å². The molecule has 8 heavy (non-hydrogen) atoms. The van der Waals surface area contributed by atoms with Gasteiger partial charge in [0.25, 0.3) is 0 Å². The van der Waals surface area contributed by atoms with Gasteiger partial charge in [0.05, 0.1) is 0 Å². The van der Waals surface area contributed by atoms with Gasteiger partial charge in [-0.25, -0.2) is 0 Å². The Morgan fingerprint density at radius 1 is 0.375 bits per heavy atom. The number of rotatable bonds is 0. The zero-order chi connectivity index (χ0) is 4.95. The minimum atomic E-state index is 0. The van der Waals surface area contributed by atoms with Crippen LogP contribution in [0, 0.1) is 0 Å². The van der Waals surface area contributed by atoms with E-state index in [0.29, 0.717) is 0 Å². The lowest BCUT2D eigenvalue weighted by Crippen LogP contribution is -3.00. The Hall–Kier alpha value is 0.480. The molecule has 0 aromatic carbocycles. The summed E-state index contributed by atoms with van der Waals surface area (Å²) in [5.74, 6) is 0. The number of hydrogen-bond acceptors (Lipinski definition) is 0. The van der Waals surface area contributed by atoms with Gasteiger partial charge in [-0.1, -0.05) is 44.9 Å². The maximum absolute atomic E-state index is 1.50. The first-order chi connectivity index (χ1) is 3.50. The van der Waals surface area contributed by atoms with Gasteiger partial charge in [-0.3, -0.25) is 0 Å². The van der Waals surface area contributed by atoms with E-state index in [1.807, 2.05) is 0 Å². The molecule has 1 saturated carbocycles. The molecule has 0 spiro atoms. The molecule has 1 rings (SSSR count). The highest BCUT2D eigenvalue weighted by molar-refractivity contribution is 4.51. The molecule has 0 bridgehead atoms. The fourth-order valence-corrected chi connectivity index (χ4v) is 1.24. The van der Waals surface area contributed by atoms with E-state index in [4.69, 9.17) is 0 Å². The lowest BCUT2D eigenvalue weighted by molar-refractivity contribution is -0.00000155. The first-order valence-electron chi connectivity index (χ1n) is 3.50. The topological polar surface area (TPSA) is 0 Å². The molecule has 0 N–H and O–H groups in total. The van der Waals surface area contributed by atoms with Gasteiger partial charge in [-0.2, -0.15) is 0 Å². The minimum absolute atomic E-state index is 0. The highest BCUT2D eigenvalue weighted by Crippen LogP contribution is 2.15. The van der Waals surface area contributed by atoms with Gasteiger partial charge >= 0.3 is 0 Å². The van der Waals surface area contributed by atoms with Gasteiger partial charge in [0.1, 0.15) is 0 Å². The molecule has 50 valence electrons. The van der Waals surface area contributed by atoms with Crippen molar-refractivity contribution in [2.45, 2.75) is 44.9 Å². The zero-order valence-corrected chi connectivity index (χ0v) is 6.91. The standard InChI is InChI=1S/C7H14.BrH/c1-2-4-6-7-5-3-1;/h1-7H2;1H/p-1. The third kappa shape index (κ3) is 3.48. The van der Waals surface area contributed by atoms with E-state index in [-0.39, 0.29) is 17.0 Å². The molecule has 0 saturated heterocycles. The zero-order valence-electron chi connectivity index (χ0n) is 5.33. The maximum atomic E-state index is 1.50. The molecule has 0 amide bonds. The fraction of sp³-hybridized carbons (Fsp3) is 1.00. The van der Waals surface area contributed by atoms with Crippen LogP contribution in [0.15, 0.2) is 0 Å². The van der Waals surface area contributed by atoms with E-state index in [9.17, 15) is 0 Å². The summed E-state index contributed by atoms with van der Waals surface area (Å²) in [5.41, 5.74) is 0. The first-order valence-corrected chi connectivity index (χ1v) is 3.50. The van der Waals surface area contributed by atoms with Crippen LogP contribution in [0.4, 0.5) is 0 Å². The van der Waals surface area contributed by atoms with E-state index in [2.05, 4.69) is 0 Å². The monoisotopic (exact) mass is 177 g/mol. The van der Waals surface area contributed by atoms with Crippen molar-refractivity contribution in [1.29, 1.82) is 0 Å². The second kappa shape index (κ2) is 5.61. The molecule has 0 aliphatic heterocycles. The van der Waals surface area contributed by atoms with Crippen LogP contribution in [-0.4, -0.2) is 0 Å². The summed E-state index contributed by atoms with van der Waals surface area (Å²) in [5, 5.41) is 0. The van der Waals surface area contributed by atoms with E-state index in [0.717, 1.165) is 0 Å². The summed E-state index contributed by atoms with van der Waals surface area (Å²) in [4.78, 5) is 0. The van der Waals surface area contributed by atoms with Crippen molar-refractivity contribution in [3.63, 3.8) is 0 Å². The average molecular weight is 178 g/mol. The van der Waals surface area contributed by atoms with Crippen LogP contribution >= 0.6 is 0 Å². The van der Waals surface area contributed by atoms with Crippen LogP contribution in [0.5, 0.6) is 0 Å². The fourth-order valence-electron chi connectivity index (χ4n) is 1.24. The van der Waals surface area contributed by atoms with Gasteiger partial charge in [-0.05, 0) is 0 Å². The highest BCUT2D eigenvalue weighted by Gasteiger charge is 1.95. The third-order valence-electron chi connectivity index (χ3n) is 1.75. The van der Waals surface area contributed by atoms with Crippen LogP contribution < -0.4 is 17.0 Å². The van der Waals surface area contributed by atoms with E-state index in [1.165, 1.54) is 44.9 Å². The van der Waals surface area contributed by atoms with Crippen molar-refractivity contribution in [2.75, 3.05) is 0 Å². The Kier molecular flexibility index (Phi) is 5.95. The van der Waals surface area contributed by atoms with Crippen LogP contribution in [0.2, 0.25) is 0 Å². The largest absolute Gasteiger partial charge is 1.00 e. The maximum Gasteiger partial charge on any atom is -0.0533 e. The normalized spacial score (nSPS) is 21.0. The average Bonchev–Trinajstić information content (AvgIpc) is 1.90. The van der Waals surface area contributed by atoms with Gasteiger partial charge < -0.3 is 17.0 Å². The molecule has 1 fully saturated rings. The summed E-state index contributed by atoms with van der Waals surface area (Å²) in [7, 11) is 0. The van der Waals surface area contributed by atoms with Crippen molar-refractivity contribution in [3.05, 3.63) is 0 Å². The van der Waals surface area contributed by atoms with Crippen LogP contribution in [-0.2, 0) is 0 Å². The Morgan fingerprint density at radius 3 is 0.625 bits per heavy atom. The van der Waals surface area contributed by atoms with Crippen molar-refractivity contribution in [2.24, 2.45) is 0 Å². The molecular formula is C7H14Br-. The molecule has 0 heterocycles. The predicted molar refractivity (Wildman–Crippen MR) is 32.3 cm³/mol. The molecule has 1 aliphatic carbocycles. The lowest BCUT2D eigenvalue weighted by atomic mass is 10.2. The molecular weight excluding hydrogens is 164 g/mol. The molecule has 0 nitrogen and oxygen atoms in total. The summed E-state index contributed by atoms with van der Waals surface area (Å²) in [6, 6.07) is 0. The van der Waals surface area contributed by atoms with Crippen molar-refractivity contribution < 1.29 is 17.0 Å². The summed E-state index contributed by atoms with van der Waals surface area (Å²) >= 11 is 0. The molecule has 0 unspecified atom stereocenters. The van der Waals surface area contributed by atoms with Gasteiger partial charge in [-0.15, -0.1) is 0 Å². The number of halogens is 1. The summed E-state index contributed by atoms with van der Waals surface area (Å²) in [6.45, 7) is 0. The first kappa shape index (κ1) is 8.48. The second-order valence-electron chi connectivity index (χ2n) is 2.47. The Bertz CT molecular complexity index is 24.0. The molecule has 1 heteroatoms. The lowest BCUT2D eigenvalue weighted by Gasteiger charge is -1.85. The van der Waals surface area contributed by atoms with Gasteiger partial charge in [0.15, 0.2) is 0 Å². The molecule has 0 radical (unpaired) electrons. The van der Waals surface area contributed by atoms with Crippen LogP contribution in [0.1, 0.15) is 44.9 Å². The quantitative estimate of drug-likeness (QED) is 0.448. The van der Waals surface area contributed by atoms with E-state index in [1.54, 1.807) is 0 Å². The predicted octanol–water partition coefficient (Wildman–Crippen LogP) is -0.265. The van der Waals surface area contributed by atoms with Gasteiger partial charge in [0, 0.05) is 0 Å². The van der Waals surface area contributed by atoms with Crippen LogP contribution in [0.3, 0.4) is 0 Å². The van der Waals surface area contributed by atoms with Gasteiger partial charge in [0.2, 0.25) is 0 Å². The molecule has 0 atom stereocenters. The molecule has 1 aliphatic rings. The van der Waals surface area contributed by atoms with Crippen LogP contribution in [0.25, 0.3) is 0 Å². The van der Waals surface area contributed by atoms with E-state index >= 15 is 0 Å². The molecule has 0 aromatic heterocycles. The van der Waals surface area contributed by atoms with Crippen molar-refractivity contribution in [3.8, 4) is 0 Å². The minimum Gasteiger partial charge on any atom is -1.00 e. The second-order valence-corrected chi connectivity index (χ2v) is 2.47. The molecule has 0 aromatic rings. The van der Waals surface area contributed by atoms with Crippen molar-refractivity contribution >= 4 is 0 Å². The Labute approximate surface area is 62.4 Å². The Balaban J connectivity index is 0.000000490. The number of hydrogen-bond donors (Lipinski definition) is 0. The van der Waals surface area contributed by atoms with Crippen molar-refractivity contribution in [1.82, 2.24) is 0 Å². The SMILES string of the molecule is C1CCCCCC1.[Br-]. The highest BCUT2D eigenvalue weighted by atomic mass is 79.9. The summed E-state index contributed by atoms with van der Waals surface area (Å²) in [6.07, 6.45) is 10.5.